The van der Waals surface area contributed by atoms with E-state index in [1.165, 1.54) is 0 Å². The van der Waals surface area contributed by atoms with Gasteiger partial charge in [-0.1, -0.05) is 6.92 Å². The average molecular weight is 358 g/mol. The van der Waals surface area contributed by atoms with Gasteiger partial charge in [0.2, 0.25) is 5.91 Å². The molecule has 0 saturated carbocycles. The fraction of sp³-hybridized carbons (Fsp3) is 0.385. The number of hydrogen-bond donors (Lipinski definition) is 0. The maximum atomic E-state index is 12.4. The summed E-state index contributed by atoms with van der Waals surface area (Å²) in [5.74, 6) is -0.0986. The fourth-order valence-corrected chi connectivity index (χ4v) is 2.53. The van der Waals surface area contributed by atoms with Crippen molar-refractivity contribution < 1.29 is 9.59 Å². The maximum absolute atomic E-state index is 12.4. The summed E-state index contributed by atoms with van der Waals surface area (Å²) in [7, 11) is 1.72. The Labute approximate surface area is 120 Å². The minimum Gasteiger partial charge on any atom is -0.329 e. The molecule has 0 N–H and O–H groups in total. The predicted octanol–water partition coefficient (Wildman–Crippen LogP) is 2.12. The van der Waals surface area contributed by atoms with Gasteiger partial charge in [-0.15, -0.1) is 0 Å². The molecule has 0 bridgehead atoms. The lowest BCUT2D eigenvalue weighted by Gasteiger charge is -2.18. The smallest absolute Gasteiger partial charge is 0.256 e. The first-order chi connectivity index (χ1) is 8.54. The van der Waals surface area contributed by atoms with Gasteiger partial charge in [-0.2, -0.15) is 0 Å². The standard InChI is InChI=1S/C13H15IN2O2/c1-3-6-16-8-12(17)15(2)11-7-9(14)4-5-10(11)13(16)18/h4-5,7H,3,6,8H2,1-2H3. The van der Waals surface area contributed by atoms with Crippen LogP contribution in [0.25, 0.3) is 0 Å². The summed E-state index contributed by atoms with van der Waals surface area (Å²) < 4.78 is 1.02. The average Bonchev–Trinajstić information content (AvgIpc) is 2.43. The van der Waals surface area contributed by atoms with Crippen molar-refractivity contribution in [2.45, 2.75) is 13.3 Å². The predicted molar refractivity (Wildman–Crippen MR) is 78.8 cm³/mol. The highest BCUT2D eigenvalue weighted by Gasteiger charge is 2.29. The lowest BCUT2D eigenvalue weighted by atomic mass is 10.1. The summed E-state index contributed by atoms with van der Waals surface area (Å²) in [6.07, 6.45) is 0.850. The van der Waals surface area contributed by atoms with Crippen molar-refractivity contribution in [3.63, 3.8) is 0 Å². The molecule has 0 unspecified atom stereocenters. The Hall–Kier alpha value is -1.11. The molecule has 1 aromatic carbocycles. The molecule has 0 fully saturated rings. The van der Waals surface area contributed by atoms with Crippen LogP contribution in [0.15, 0.2) is 18.2 Å². The molecule has 18 heavy (non-hydrogen) atoms. The Morgan fingerprint density at radius 3 is 2.72 bits per heavy atom. The number of likely N-dealkylation sites (N-methyl/N-ethyl adjacent to an activating group) is 1. The molecule has 1 aromatic rings. The number of halogens is 1. The number of fused-ring (bicyclic) bond motifs is 1. The summed E-state index contributed by atoms with van der Waals surface area (Å²) in [5.41, 5.74) is 1.31. The highest BCUT2D eigenvalue weighted by Crippen LogP contribution is 2.26. The fourth-order valence-electron chi connectivity index (χ4n) is 2.06. The van der Waals surface area contributed by atoms with Crippen LogP contribution in [0, 0.1) is 3.57 Å². The van der Waals surface area contributed by atoms with E-state index in [4.69, 9.17) is 0 Å². The van der Waals surface area contributed by atoms with Crippen LogP contribution in [0.2, 0.25) is 0 Å². The Bertz CT molecular complexity index is 502. The van der Waals surface area contributed by atoms with E-state index in [0.29, 0.717) is 17.8 Å². The number of nitrogens with zero attached hydrogens (tertiary/aromatic N) is 2. The number of benzene rings is 1. The Balaban J connectivity index is 2.51. The van der Waals surface area contributed by atoms with Crippen LogP contribution in [-0.2, 0) is 4.79 Å². The summed E-state index contributed by atoms with van der Waals surface area (Å²) in [4.78, 5) is 27.6. The van der Waals surface area contributed by atoms with Gasteiger partial charge in [-0.3, -0.25) is 9.59 Å². The summed E-state index contributed by atoms with van der Waals surface area (Å²) in [5, 5.41) is 0. The second-order valence-corrected chi connectivity index (χ2v) is 5.59. The van der Waals surface area contributed by atoms with Crippen LogP contribution >= 0.6 is 22.6 Å². The molecule has 1 aliphatic heterocycles. The summed E-state index contributed by atoms with van der Waals surface area (Å²) in [6, 6.07) is 5.57. The molecule has 5 heteroatoms. The SMILES string of the molecule is CCCN1CC(=O)N(C)c2cc(I)ccc2C1=O. The number of carbonyl (C=O) groups is 2. The third kappa shape index (κ3) is 2.36. The Kier molecular flexibility index (Phi) is 3.89. The lowest BCUT2D eigenvalue weighted by molar-refractivity contribution is -0.118. The van der Waals surface area contributed by atoms with E-state index in [0.717, 1.165) is 9.99 Å². The zero-order chi connectivity index (χ0) is 13.3. The van der Waals surface area contributed by atoms with Gasteiger partial charge < -0.3 is 9.80 Å². The van der Waals surface area contributed by atoms with Gasteiger partial charge in [0.15, 0.2) is 0 Å². The highest BCUT2D eigenvalue weighted by atomic mass is 127. The van der Waals surface area contributed by atoms with Gasteiger partial charge >= 0.3 is 0 Å². The van der Waals surface area contributed by atoms with Crippen molar-refractivity contribution in [3.8, 4) is 0 Å². The van der Waals surface area contributed by atoms with E-state index in [1.54, 1.807) is 22.9 Å². The van der Waals surface area contributed by atoms with E-state index in [2.05, 4.69) is 22.6 Å². The van der Waals surface area contributed by atoms with Crippen molar-refractivity contribution in [2.75, 3.05) is 25.0 Å². The van der Waals surface area contributed by atoms with Crippen LogP contribution in [0.4, 0.5) is 5.69 Å². The van der Waals surface area contributed by atoms with Gasteiger partial charge in [0.05, 0.1) is 11.3 Å². The second-order valence-electron chi connectivity index (χ2n) is 4.34. The molecule has 1 heterocycles. The summed E-state index contributed by atoms with van der Waals surface area (Å²) >= 11 is 2.18. The second kappa shape index (κ2) is 5.26. The minimum absolute atomic E-state index is 0.0439. The first kappa shape index (κ1) is 13.3. The maximum Gasteiger partial charge on any atom is 0.256 e. The van der Waals surface area contributed by atoms with Gasteiger partial charge in [-0.25, -0.2) is 0 Å². The first-order valence-corrected chi connectivity index (χ1v) is 6.98. The molecule has 0 spiro atoms. The highest BCUT2D eigenvalue weighted by molar-refractivity contribution is 14.1. The molecule has 1 aliphatic rings. The van der Waals surface area contributed by atoms with Gasteiger partial charge in [0, 0.05) is 17.2 Å². The van der Waals surface area contributed by atoms with Crippen molar-refractivity contribution >= 4 is 40.1 Å². The van der Waals surface area contributed by atoms with Crippen molar-refractivity contribution in [1.29, 1.82) is 0 Å². The Morgan fingerprint density at radius 2 is 2.06 bits per heavy atom. The van der Waals surface area contributed by atoms with E-state index < -0.39 is 0 Å². The monoisotopic (exact) mass is 358 g/mol. The zero-order valence-corrected chi connectivity index (χ0v) is 12.6. The number of carbonyl (C=O) groups excluding carboxylic acids is 2. The van der Waals surface area contributed by atoms with E-state index >= 15 is 0 Å². The molecule has 0 aromatic heterocycles. The van der Waals surface area contributed by atoms with Crippen molar-refractivity contribution in [3.05, 3.63) is 27.3 Å². The molecule has 2 amide bonds. The van der Waals surface area contributed by atoms with Crippen LogP contribution in [-0.4, -0.2) is 36.9 Å². The van der Waals surface area contributed by atoms with Crippen LogP contribution in [0.5, 0.6) is 0 Å². The molecule has 96 valence electrons. The van der Waals surface area contributed by atoms with Crippen LogP contribution in [0.1, 0.15) is 23.7 Å². The van der Waals surface area contributed by atoms with Gasteiger partial charge in [-0.05, 0) is 47.2 Å². The largest absolute Gasteiger partial charge is 0.329 e. The Morgan fingerprint density at radius 1 is 1.33 bits per heavy atom. The van der Waals surface area contributed by atoms with Crippen LogP contribution in [0.3, 0.4) is 0 Å². The first-order valence-electron chi connectivity index (χ1n) is 5.90. The third-order valence-corrected chi connectivity index (χ3v) is 3.70. The number of hydrogen-bond acceptors (Lipinski definition) is 2. The molecule has 2 rings (SSSR count). The van der Waals surface area contributed by atoms with Crippen molar-refractivity contribution in [2.24, 2.45) is 0 Å². The number of anilines is 1. The van der Waals surface area contributed by atoms with E-state index in [1.807, 2.05) is 19.1 Å². The van der Waals surface area contributed by atoms with Crippen molar-refractivity contribution in [1.82, 2.24) is 4.90 Å². The van der Waals surface area contributed by atoms with Gasteiger partial charge in [0.25, 0.3) is 5.91 Å². The topological polar surface area (TPSA) is 40.6 Å². The quantitative estimate of drug-likeness (QED) is 0.760. The molecular formula is C13H15IN2O2. The number of rotatable bonds is 2. The molecule has 0 radical (unpaired) electrons. The molecule has 0 aliphatic carbocycles. The molecule has 0 atom stereocenters. The lowest BCUT2D eigenvalue weighted by Crippen LogP contribution is -2.38. The van der Waals surface area contributed by atoms with E-state index in [-0.39, 0.29) is 18.4 Å². The summed E-state index contributed by atoms with van der Waals surface area (Å²) in [6.45, 7) is 2.78. The molecular weight excluding hydrogens is 343 g/mol. The van der Waals surface area contributed by atoms with E-state index in [9.17, 15) is 9.59 Å². The normalized spacial score (nSPS) is 15.7. The van der Waals surface area contributed by atoms with Gasteiger partial charge in [0.1, 0.15) is 6.54 Å². The zero-order valence-electron chi connectivity index (χ0n) is 10.4. The van der Waals surface area contributed by atoms with Crippen LogP contribution < -0.4 is 4.90 Å². The number of amides is 2. The molecule has 4 nitrogen and oxygen atoms in total. The molecule has 0 saturated heterocycles. The minimum atomic E-state index is -0.0547. The third-order valence-electron chi connectivity index (χ3n) is 3.03.